The van der Waals surface area contributed by atoms with Gasteiger partial charge in [-0.3, -0.25) is 38.8 Å². The quantitative estimate of drug-likeness (QED) is 0.0260. The lowest BCUT2D eigenvalue weighted by atomic mass is 9.90. The van der Waals surface area contributed by atoms with Crippen LogP contribution in [0.15, 0.2) is 107 Å². The standard InChI is InChI=1S/C24H30F3N3O3.C24H35F3N2O2.C23H31F3N2O2.C22H30F2N2O2.C20H28F3NO3S/c1-24(26,27)15-30-7-4-17(5-8-30)21-10-18(21)6-9-32-19-2-3-20(22(25)11-19)23(31)28-12-16-13-29-33-14-16;1-23(2,3)28-22(30)19-6-5-18(14-21(19)25)31-12-9-17-13-20(17)16-7-10-29(11-8-16)15-24(4,26)27;1-23(25,26)14-28-9-6-15(7-10-28)20-12-16(20)8-11-30-18-4-5-19(21(24)13-18)22(29)27-17-2-3-17;1-2-26-8-5-14(6-9-26)18-11-15(18)7-10-28-17-12-19(23)21(20(24)13-17)22(27)25-16-3-4-16;1-20(22,23)13-24-8-5-14(6-9-24)17-11-15(17)7-10-27-16-3-4-19(18(21)12-16)28(2,25)26/h2-3,11,13-14,17-18,21H,4-10,12,15H2,1H3,(H,28,31);5-6,14,16-17,20H,7-13,15H2,1-4H3,(H,28,30);4-5,13,15-17,20H,2-3,6-12,14H2,1H3,(H,27,29);12-16,18H,2-11H2,1H3,(H,25,27);3-4,12,14-15,17H,5-11,13H2,1-2H3/t18-,21-;17-,20-;16-,20-;15-,18-;15-,17-/m11111/s1. The summed E-state index contributed by atoms with van der Waals surface area (Å²) in [7, 11) is -3.58. The first-order valence-corrected chi connectivity index (χ1v) is 56.2. The third kappa shape index (κ3) is 38.0. The van der Waals surface area contributed by atoms with Crippen LogP contribution >= 0.6 is 0 Å². The van der Waals surface area contributed by atoms with Crippen LogP contribution in [0.3, 0.4) is 0 Å². The van der Waals surface area contributed by atoms with E-state index in [2.05, 4.69) is 38.2 Å². The fraction of sp³-hybridized carbons (Fsp3) is 0.673. The fourth-order valence-electron chi connectivity index (χ4n) is 23.0. The van der Waals surface area contributed by atoms with Gasteiger partial charge >= 0.3 is 0 Å². The van der Waals surface area contributed by atoms with E-state index >= 15 is 0 Å². The highest BCUT2D eigenvalue weighted by atomic mass is 32.2. The first-order chi connectivity index (χ1) is 71.0. The number of likely N-dealkylation sites (tertiary alicyclic amines) is 5. The number of sulfone groups is 1. The molecule has 4 amide bonds. The Balaban J connectivity index is 0.000000148. The van der Waals surface area contributed by atoms with Crippen molar-refractivity contribution in [2.24, 2.45) is 88.8 Å². The van der Waals surface area contributed by atoms with E-state index in [-0.39, 0.29) is 78.0 Å². The second-order valence-corrected chi connectivity index (χ2v) is 47.9. The minimum atomic E-state index is -3.58. The van der Waals surface area contributed by atoms with Crippen molar-refractivity contribution in [1.29, 1.82) is 0 Å². The zero-order valence-electron chi connectivity index (χ0n) is 88.2. The number of aromatic nitrogens is 1. The smallest absolute Gasteiger partial charge is 0.257 e. The Morgan fingerprint density at radius 3 is 0.940 bits per heavy atom. The fourth-order valence-corrected chi connectivity index (χ4v) is 23.7. The molecule has 5 aromatic carbocycles. The molecule has 4 N–H and O–H groups in total. The van der Waals surface area contributed by atoms with Crippen LogP contribution in [0.2, 0.25) is 0 Å². The van der Waals surface area contributed by atoms with Crippen LogP contribution in [0.4, 0.5) is 61.5 Å². The maximum absolute atomic E-state index is 14.4. The summed E-state index contributed by atoms with van der Waals surface area (Å²) in [6, 6.07) is 19.3. The van der Waals surface area contributed by atoms with Crippen molar-refractivity contribution in [2.75, 3.05) is 137 Å². The topological polar surface area (TPSA) is 239 Å². The van der Waals surface area contributed by atoms with Gasteiger partial charge in [0.15, 0.2) is 9.84 Å². The Kier molecular flexibility index (Phi) is 40.4. The average molecular weight is 2140 g/mol. The number of halogens is 14. The second kappa shape index (κ2) is 52.0. The van der Waals surface area contributed by atoms with Gasteiger partial charge in [0.25, 0.3) is 47.3 Å². The lowest BCUT2D eigenvalue weighted by Crippen LogP contribution is -2.41. The minimum absolute atomic E-state index is 0.0108. The Bertz CT molecular complexity index is 5460. The van der Waals surface area contributed by atoms with Crippen LogP contribution in [0, 0.1) is 124 Å². The van der Waals surface area contributed by atoms with Crippen LogP contribution in [-0.2, 0) is 16.4 Å². The molecule has 0 radical (unpaired) electrons. The molecule has 5 saturated heterocycles. The summed E-state index contributed by atoms with van der Waals surface area (Å²) in [5.41, 5.74) is -0.235. The van der Waals surface area contributed by atoms with Crippen molar-refractivity contribution in [1.82, 2.24) is 50.9 Å². The summed E-state index contributed by atoms with van der Waals surface area (Å²) < 4.78 is 246. The number of carbonyl (C=O) groups is 4. The van der Waals surface area contributed by atoms with E-state index in [9.17, 15) is 89.1 Å². The summed E-state index contributed by atoms with van der Waals surface area (Å²) in [4.78, 5) is 57.9. The highest BCUT2D eigenvalue weighted by Gasteiger charge is 2.49. The number of ether oxygens (including phenoxy) is 5. The number of hydrogen-bond acceptors (Lipinski definition) is 18. The van der Waals surface area contributed by atoms with Gasteiger partial charge in [-0.2, -0.15) is 0 Å². The Morgan fingerprint density at radius 2 is 0.660 bits per heavy atom. The maximum atomic E-state index is 14.4. The maximum Gasteiger partial charge on any atom is 0.257 e. The molecule has 12 fully saturated rings. The van der Waals surface area contributed by atoms with Crippen molar-refractivity contribution < 1.29 is 117 Å². The first kappa shape index (κ1) is 116. The molecule has 10 atom stereocenters. The highest BCUT2D eigenvalue weighted by molar-refractivity contribution is 7.90. The second-order valence-electron chi connectivity index (χ2n) is 46.0. The summed E-state index contributed by atoms with van der Waals surface area (Å²) in [6.07, 6.45) is 28.3. The lowest BCUT2D eigenvalue weighted by molar-refractivity contribution is -0.0238. The molecule has 7 saturated carbocycles. The molecule has 0 spiro atoms. The Hall–Kier alpha value is -9.04. The van der Waals surface area contributed by atoms with E-state index in [1.54, 1.807) is 18.2 Å². The number of benzene rings is 5. The summed E-state index contributed by atoms with van der Waals surface area (Å²) >= 11 is 0. The SMILES string of the molecule is CC(F)(F)CN1CCC([C@H]2C[C@H]2CCOc2ccc(C(=O)NC(C)(C)C)c(F)c2)CC1.CC(F)(F)CN1CCC([C@H]2C[C@H]2CCOc2ccc(C(=O)NC3CC3)c(F)c2)CC1.CC(F)(F)CN1CCC([C@H]2C[C@H]2CCOc2ccc(C(=O)NCc3cnoc3)c(F)c2)CC1.CC(F)(F)CN1CCC([C@H]2C[C@H]2CCOc2ccc(S(C)(=O)=O)c(F)c2)CC1.CCN1CCC([C@H]2C[C@H]2CCOc2cc(F)c(C(=O)NC3CC3)c(F)c2)CC1. The Morgan fingerprint density at radius 1 is 0.373 bits per heavy atom. The number of alkyl halides is 8. The zero-order valence-corrected chi connectivity index (χ0v) is 89.0. The molecule has 6 heterocycles. The van der Waals surface area contributed by atoms with Crippen LogP contribution in [-0.4, -0.2) is 240 Å². The molecular weight excluding hydrogens is 1990 g/mol. The molecule has 0 unspecified atom stereocenters. The number of rotatable bonds is 43. The molecule has 150 heavy (non-hydrogen) atoms. The van der Waals surface area contributed by atoms with E-state index in [1.807, 2.05) is 40.4 Å². The van der Waals surface area contributed by atoms with E-state index in [4.69, 9.17) is 28.2 Å². The van der Waals surface area contributed by atoms with Gasteiger partial charge in [-0.1, -0.05) is 12.1 Å². The summed E-state index contributed by atoms with van der Waals surface area (Å²) in [6.45, 7) is 23.2. The van der Waals surface area contributed by atoms with Gasteiger partial charge in [0, 0.05) is 100 Å². The van der Waals surface area contributed by atoms with Gasteiger partial charge in [0.1, 0.15) is 80.4 Å². The Labute approximate surface area is 874 Å². The largest absolute Gasteiger partial charge is 0.493 e. The lowest BCUT2D eigenvalue weighted by Gasteiger charge is -2.33. The van der Waals surface area contributed by atoms with Crippen LogP contribution in [0.25, 0.3) is 0 Å². The molecule has 0 bridgehead atoms. The van der Waals surface area contributed by atoms with Gasteiger partial charge in [0.2, 0.25) is 0 Å². The molecule has 832 valence electrons. The average Bonchev–Trinajstić information content (AvgIpc) is 1.75. The van der Waals surface area contributed by atoms with Crippen molar-refractivity contribution in [3.8, 4) is 28.7 Å². The number of nitrogens with one attached hydrogen (secondary N) is 4. The van der Waals surface area contributed by atoms with E-state index < -0.39 is 97.3 Å². The van der Waals surface area contributed by atoms with Gasteiger partial charge in [0.05, 0.1) is 82.1 Å². The van der Waals surface area contributed by atoms with Crippen LogP contribution in [0.1, 0.15) is 256 Å². The number of piperidine rings is 5. The third-order valence-corrected chi connectivity index (χ3v) is 32.8. The molecule has 37 heteroatoms. The molecular formula is C113H154F14N10O12S. The minimum Gasteiger partial charge on any atom is -0.493 e. The number of nitrogens with zero attached hydrogens (tertiary/aromatic N) is 6. The van der Waals surface area contributed by atoms with Crippen molar-refractivity contribution >= 4 is 33.5 Å². The van der Waals surface area contributed by atoms with Gasteiger partial charge in [-0.25, -0.2) is 69.9 Å². The monoisotopic (exact) mass is 2140 g/mol. The van der Waals surface area contributed by atoms with Gasteiger partial charge < -0.3 is 54.4 Å². The van der Waals surface area contributed by atoms with E-state index in [0.717, 1.165) is 251 Å². The summed E-state index contributed by atoms with van der Waals surface area (Å²) in [5, 5.41) is 14.3. The van der Waals surface area contributed by atoms with Gasteiger partial charge in [-0.15, -0.1) is 0 Å². The van der Waals surface area contributed by atoms with Crippen LogP contribution < -0.4 is 45.0 Å². The molecule has 12 aliphatic rings. The molecule has 1 aromatic heterocycles. The third-order valence-electron chi connectivity index (χ3n) is 31.7. The van der Waals surface area contributed by atoms with Crippen LogP contribution in [0.5, 0.6) is 28.7 Å². The predicted molar refractivity (Wildman–Crippen MR) is 543 cm³/mol. The molecule has 6 aromatic rings. The van der Waals surface area contributed by atoms with Crippen molar-refractivity contribution in [3.05, 3.63) is 160 Å². The molecule has 5 aliphatic heterocycles. The van der Waals surface area contributed by atoms with E-state index in [0.29, 0.717) is 139 Å². The normalized spacial score (nSPS) is 23.9. The number of carbonyl (C=O) groups excluding carboxylic acids is 4. The van der Waals surface area contributed by atoms with Crippen molar-refractivity contribution in [2.45, 2.75) is 262 Å². The molecule has 7 aliphatic carbocycles. The van der Waals surface area contributed by atoms with Gasteiger partial charge in [-0.05, 0) is 384 Å². The zero-order chi connectivity index (χ0) is 108. The summed E-state index contributed by atoms with van der Waals surface area (Å²) in [5.74, 6) is -5.34. The van der Waals surface area contributed by atoms with E-state index in [1.165, 1.54) is 99.8 Å². The first-order valence-electron chi connectivity index (χ1n) is 54.3. The highest BCUT2D eigenvalue weighted by Crippen LogP contribution is 2.55. The molecule has 18 rings (SSSR count). The molecule has 22 nitrogen and oxygen atoms in total. The number of amides is 4. The predicted octanol–water partition coefficient (Wildman–Crippen LogP) is 22.1. The number of hydrogen-bond donors (Lipinski definition) is 4. The van der Waals surface area contributed by atoms with Crippen molar-refractivity contribution in [3.63, 3.8) is 0 Å².